The number of carbonyl (C=O) groups is 1. The van der Waals surface area contributed by atoms with Crippen molar-refractivity contribution in [3.63, 3.8) is 0 Å². The van der Waals surface area contributed by atoms with Gasteiger partial charge in [-0.2, -0.15) is 4.98 Å². The van der Waals surface area contributed by atoms with Crippen molar-refractivity contribution in [3.05, 3.63) is 87.1 Å². The van der Waals surface area contributed by atoms with Gasteiger partial charge in [-0.1, -0.05) is 41.5 Å². The van der Waals surface area contributed by atoms with E-state index in [1.807, 2.05) is 37.3 Å². The maximum atomic E-state index is 12.4. The molecule has 0 unspecified atom stereocenters. The molecule has 5 heteroatoms. The number of hydrogen-bond donors (Lipinski definition) is 1. The molecule has 144 valence electrons. The summed E-state index contributed by atoms with van der Waals surface area (Å²) in [6.45, 7) is 8.57. The van der Waals surface area contributed by atoms with E-state index in [1.165, 1.54) is 11.1 Å². The van der Waals surface area contributed by atoms with Gasteiger partial charge in [0.05, 0.1) is 0 Å². The lowest BCUT2D eigenvalue weighted by Gasteiger charge is -2.11. The number of nitrogens with zero attached hydrogens (tertiary/aromatic N) is 2. The number of aromatic nitrogens is 2. The monoisotopic (exact) mass is 375 g/mol. The van der Waals surface area contributed by atoms with Gasteiger partial charge >= 0.3 is 5.69 Å². The third kappa shape index (κ3) is 4.55. The van der Waals surface area contributed by atoms with Crippen molar-refractivity contribution in [1.29, 1.82) is 0 Å². The Morgan fingerprint density at radius 1 is 0.929 bits per heavy atom. The Morgan fingerprint density at radius 2 is 1.57 bits per heavy atom. The molecule has 1 amide bonds. The number of benzene rings is 2. The second kappa shape index (κ2) is 8.21. The lowest BCUT2D eigenvalue weighted by molar-refractivity contribution is 0.0952. The van der Waals surface area contributed by atoms with Crippen LogP contribution in [-0.2, 0) is 6.54 Å². The van der Waals surface area contributed by atoms with Gasteiger partial charge in [-0.05, 0) is 57.0 Å². The highest BCUT2D eigenvalue weighted by Gasteiger charge is 2.08. The quantitative estimate of drug-likeness (QED) is 0.741. The van der Waals surface area contributed by atoms with E-state index in [2.05, 4.69) is 42.3 Å². The molecule has 0 aliphatic carbocycles. The van der Waals surface area contributed by atoms with Crippen molar-refractivity contribution >= 4 is 5.91 Å². The second-order valence-electron chi connectivity index (χ2n) is 7.18. The number of carbonyl (C=O) groups excluding carboxylic acids is 1. The summed E-state index contributed by atoms with van der Waals surface area (Å²) in [5.74, 6) is -0.155. The minimum atomic E-state index is -0.287. The average molecular weight is 375 g/mol. The van der Waals surface area contributed by atoms with E-state index in [0.717, 1.165) is 16.8 Å². The van der Waals surface area contributed by atoms with Gasteiger partial charge in [-0.3, -0.25) is 9.36 Å². The third-order valence-electron chi connectivity index (χ3n) is 4.67. The van der Waals surface area contributed by atoms with Crippen LogP contribution in [0.25, 0.3) is 11.1 Å². The number of aryl methyl sites for hydroxylation is 4. The fourth-order valence-electron chi connectivity index (χ4n) is 3.39. The van der Waals surface area contributed by atoms with Crippen LogP contribution in [0.2, 0.25) is 0 Å². The van der Waals surface area contributed by atoms with Crippen LogP contribution in [0.1, 0.15) is 32.9 Å². The normalized spacial score (nSPS) is 10.7. The fraction of sp³-hybridized carbons (Fsp3) is 0.261. The minimum Gasteiger partial charge on any atom is -0.350 e. The van der Waals surface area contributed by atoms with Gasteiger partial charge in [0.1, 0.15) is 0 Å². The fourth-order valence-corrected chi connectivity index (χ4v) is 3.39. The molecule has 0 aliphatic rings. The SMILES string of the molecule is Cc1cc(C)cc(-c2ccc(C(=O)NCCn3c(C)cc(C)nc3=O)cc2)c1. The lowest BCUT2D eigenvalue weighted by Crippen LogP contribution is -2.33. The molecule has 2 aromatic carbocycles. The van der Waals surface area contributed by atoms with Crippen LogP contribution in [0.4, 0.5) is 0 Å². The first kappa shape index (κ1) is 19.5. The van der Waals surface area contributed by atoms with Crippen molar-refractivity contribution in [1.82, 2.24) is 14.9 Å². The number of amides is 1. The Morgan fingerprint density at radius 3 is 2.18 bits per heavy atom. The molecule has 1 N–H and O–H groups in total. The maximum Gasteiger partial charge on any atom is 0.348 e. The minimum absolute atomic E-state index is 0.155. The van der Waals surface area contributed by atoms with Crippen molar-refractivity contribution in [2.45, 2.75) is 34.2 Å². The van der Waals surface area contributed by atoms with E-state index in [0.29, 0.717) is 24.3 Å². The van der Waals surface area contributed by atoms with E-state index < -0.39 is 0 Å². The largest absolute Gasteiger partial charge is 0.350 e. The summed E-state index contributed by atoms with van der Waals surface area (Å²) in [4.78, 5) is 28.3. The van der Waals surface area contributed by atoms with Crippen LogP contribution in [0.5, 0.6) is 0 Å². The van der Waals surface area contributed by atoms with Gasteiger partial charge in [-0.25, -0.2) is 4.79 Å². The van der Waals surface area contributed by atoms with E-state index in [-0.39, 0.29) is 11.6 Å². The highest BCUT2D eigenvalue weighted by Crippen LogP contribution is 2.22. The molecular formula is C23H25N3O2. The van der Waals surface area contributed by atoms with Crippen LogP contribution in [-0.4, -0.2) is 22.0 Å². The Kier molecular flexibility index (Phi) is 5.73. The average Bonchev–Trinajstić information content (AvgIpc) is 2.63. The smallest absolute Gasteiger partial charge is 0.348 e. The van der Waals surface area contributed by atoms with Gasteiger partial charge < -0.3 is 5.32 Å². The maximum absolute atomic E-state index is 12.4. The first-order chi connectivity index (χ1) is 13.3. The molecule has 0 saturated heterocycles. The molecular weight excluding hydrogens is 350 g/mol. The Hall–Kier alpha value is -3.21. The molecule has 0 bridgehead atoms. The molecule has 0 radical (unpaired) electrons. The van der Waals surface area contributed by atoms with Gasteiger partial charge in [0.2, 0.25) is 0 Å². The Bertz CT molecular complexity index is 1050. The van der Waals surface area contributed by atoms with Crippen LogP contribution in [0.15, 0.2) is 53.3 Å². The molecule has 0 aliphatic heterocycles. The van der Waals surface area contributed by atoms with Gasteiger partial charge in [0.15, 0.2) is 0 Å². The van der Waals surface area contributed by atoms with Gasteiger partial charge in [0, 0.05) is 30.0 Å². The van der Waals surface area contributed by atoms with Gasteiger partial charge in [-0.15, -0.1) is 0 Å². The molecule has 3 aromatic rings. The van der Waals surface area contributed by atoms with Crippen LogP contribution < -0.4 is 11.0 Å². The number of hydrogen-bond acceptors (Lipinski definition) is 3. The summed E-state index contributed by atoms with van der Waals surface area (Å²) in [7, 11) is 0. The van der Waals surface area contributed by atoms with Crippen molar-refractivity contribution in [2.24, 2.45) is 0 Å². The zero-order chi connectivity index (χ0) is 20.3. The summed E-state index contributed by atoms with van der Waals surface area (Å²) in [5.41, 5.74) is 6.50. The highest BCUT2D eigenvalue weighted by atomic mass is 16.2. The summed E-state index contributed by atoms with van der Waals surface area (Å²) in [5, 5.41) is 2.87. The molecule has 0 saturated carbocycles. The van der Waals surface area contributed by atoms with Crippen molar-refractivity contribution in [3.8, 4) is 11.1 Å². The molecule has 1 aromatic heterocycles. The topological polar surface area (TPSA) is 64.0 Å². The third-order valence-corrected chi connectivity index (χ3v) is 4.67. The molecule has 5 nitrogen and oxygen atoms in total. The molecule has 3 rings (SSSR count). The molecule has 0 spiro atoms. The predicted molar refractivity (Wildman–Crippen MR) is 112 cm³/mol. The summed E-state index contributed by atoms with van der Waals surface area (Å²) in [6, 6.07) is 15.8. The Balaban J connectivity index is 1.65. The second-order valence-corrected chi connectivity index (χ2v) is 7.18. The van der Waals surface area contributed by atoms with Crippen molar-refractivity contribution < 1.29 is 4.79 Å². The first-order valence-corrected chi connectivity index (χ1v) is 9.35. The van der Waals surface area contributed by atoms with Gasteiger partial charge in [0.25, 0.3) is 5.91 Å². The van der Waals surface area contributed by atoms with Crippen LogP contribution in [0.3, 0.4) is 0 Å². The van der Waals surface area contributed by atoms with E-state index in [9.17, 15) is 9.59 Å². The molecule has 0 fully saturated rings. The zero-order valence-electron chi connectivity index (χ0n) is 16.7. The van der Waals surface area contributed by atoms with Crippen LogP contribution >= 0.6 is 0 Å². The van der Waals surface area contributed by atoms with Crippen LogP contribution in [0, 0.1) is 27.7 Å². The first-order valence-electron chi connectivity index (χ1n) is 9.35. The standard InChI is InChI=1S/C23H25N3O2/c1-15-11-16(2)13-21(12-15)19-5-7-20(8-6-19)22(27)24-9-10-26-18(4)14-17(3)25-23(26)28/h5-8,11-14H,9-10H2,1-4H3,(H,24,27). The predicted octanol–water partition coefficient (Wildman–Crippen LogP) is 3.57. The number of rotatable bonds is 5. The van der Waals surface area contributed by atoms with E-state index in [1.54, 1.807) is 11.5 Å². The Labute approximate surface area is 165 Å². The molecule has 1 heterocycles. The molecule has 0 atom stereocenters. The van der Waals surface area contributed by atoms with E-state index >= 15 is 0 Å². The zero-order valence-corrected chi connectivity index (χ0v) is 16.7. The molecule has 28 heavy (non-hydrogen) atoms. The van der Waals surface area contributed by atoms with E-state index in [4.69, 9.17) is 0 Å². The summed E-state index contributed by atoms with van der Waals surface area (Å²) < 4.78 is 1.57. The highest BCUT2D eigenvalue weighted by molar-refractivity contribution is 5.94. The summed E-state index contributed by atoms with van der Waals surface area (Å²) in [6.07, 6.45) is 0. The summed E-state index contributed by atoms with van der Waals surface area (Å²) >= 11 is 0. The van der Waals surface area contributed by atoms with Crippen molar-refractivity contribution in [2.75, 3.05) is 6.54 Å². The lowest BCUT2D eigenvalue weighted by atomic mass is 10.00. The number of nitrogens with one attached hydrogen (secondary N) is 1.